The molecule has 6 nitrogen and oxygen atoms in total. The first-order valence-electron chi connectivity index (χ1n) is 8.57. The highest BCUT2D eigenvalue weighted by Crippen LogP contribution is 2.26. The Balaban J connectivity index is 1.50. The van der Waals surface area contributed by atoms with Crippen LogP contribution in [0.15, 0.2) is 72.1 Å². The highest BCUT2D eigenvalue weighted by atomic mass is 32.2. The summed E-state index contributed by atoms with van der Waals surface area (Å²) >= 11 is 1.27. The Labute approximate surface area is 168 Å². The van der Waals surface area contributed by atoms with Crippen LogP contribution < -0.4 is 4.74 Å². The highest BCUT2D eigenvalue weighted by Gasteiger charge is 2.14. The fourth-order valence-corrected chi connectivity index (χ4v) is 3.59. The molecule has 0 unspecified atom stereocenters. The Morgan fingerprint density at radius 1 is 1.07 bits per heavy atom. The van der Waals surface area contributed by atoms with E-state index in [1.807, 2.05) is 30.3 Å². The number of hydrogen-bond donors (Lipinski definition) is 0. The number of carbonyl (C=O) groups is 1. The molecule has 0 radical (unpaired) electrons. The summed E-state index contributed by atoms with van der Waals surface area (Å²) in [6.45, 7) is -2.90. The van der Waals surface area contributed by atoms with E-state index in [1.54, 1.807) is 10.9 Å². The molecule has 0 aliphatic carbocycles. The Morgan fingerprint density at radius 2 is 1.83 bits per heavy atom. The predicted octanol–water partition coefficient (Wildman–Crippen LogP) is 4.39. The van der Waals surface area contributed by atoms with Crippen LogP contribution in [0.1, 0.15) is 10.4 Å². The molecule has 4 rings (SSSR count). The van der Waals surface area contributed by atoms with E-state index in [2.05, 4.69) is 19.8 Å². The summed E-state index contributed by atoms with van der Waals surface area (Å²) in [5.74, 6) is -0.00614. The van der Waals surface area contributed by atoms with Crippen LogP contribution in [0.3, 0.4) is 0 Å². The van der Waals surface area contributed by atoms with Gasteiger partial charge in [-0.05, 0) is 36.4 Å². The Hall–Kier alpha value is -3.33. The lowest BCUT2D eigenvalue weighted by Crippen LogP contribution is -2.05. The lowest BCUT2D eigenvalue weighted by atomic mass is 10.1. The number of thioether (sulfide) groups is 1. The van der Waals surface area contributed by atoms with Gasteiger partial charge in [0.25, 0.3) is 0 Å². The Bertz CT molecular complexity index is 1130. The molecule has 146 valence electrons. The number of alkyl halides is 2. The van der Waals surface area contributed by atoms with Gasteiger partial charge < -0.3 is 4.74 Å². The van der Waals surface area contributed by atoms with Crippen molar-refractivity contribution in [1.29, 1.82) is 0 Å². The van der Waals surface area contributed by atoms with Gasteiger partial charge in [0.2, 0.25) is 0 Å². The zero-order valence-corrected chi connectivity index (χ0v) is 15.7. The summed E-state index contributed by atoms with van der Waals surface area (Å²) < 4.78 is 30.4. The topological polar surface area (TPSA) is 69.9 Å². The molecule has 9 heteroatoms. The number of fused-ring (bicyclic) bond motifs is 1. The van der Waals surface area contributed by atoms with Gasteiger partial charge in [0.15, 0.2) is 11.4 Å². The van der Waals surface area contributed by atoms with Gasteiger partial charge in [-0.25, -0.2) is 14.6 Å². The average molecular weight is 412 g/mol. The molecule has 2 heterocycles. The number of carbonyl (C=O) groups excluding carboxylic acids is 1. The molecule has 0 atom stereocenters. The quantitative estimate of drug-likeness (QED) is 0.255. The monoisotopic (exact) mass is 412 g/mol. The molecular formula is C20H14F2N4O2S. The van der Waals surface area contributed by atoms with E-state index in [0.29, 0.717) is 16.2 Å². The maximum absolute atomic E-state index is 12.4. The van der Waals surface area contributed by atoms with Gasteiger partial charge in [-0.3, -0.25) is 4.79 Å². The zero-order chi connectivity index (χ0) is 20.2. The molecule has 0 saturated heterocycles. The second-order valence-corrected chi connectivity index (χ2v) is 6.89. The van der Waals surface area contributed by atoms with Gasteiger partial charge >= 0.3 is 6.61 Å². The zero-order valence-electron chi connectivity index (χ0n) is 14.9. The van der Waals surface area contributed by atoms with Crippen molar-refractivity contribution in [2.24, 2.45) is 0 Å². The van der Waals surface area contributed by atoms with Gasteiger partial charge in [-0.1, -0.05) is 30.0 Å². The van der Waals surface area contributed by atoms with E-state index in [0.717, 1.165) is 11.1 Å². The van der Waals surface area contributed by atoms with Crippen LogP contribution in [0.4, 0.5) is 8.78 Å². The smallest absolute Gasteiger partial charge is 0.387 e. The summed E-state index contributed by atoms with van der Waals surface area (Å²) in [7, 11) is 0. The van der Waals surface area contributed by atoms with Crippen LogP contribution in [0.25, 0.3) is 16.7 Å². The second kappa shape index (κ2) is 8.36. The molecule has 0 amide bonds. The number of hydrogen-bond acceptors (Lipinski definition) is 6. The minimum Gasteiger partial charge on any atom is -0.435 e. The SMILES string of the molecule is O=C(CSc1ncnc2c1cnn2-c1ccccc1)c1ccc(OC(F)F)cc1. The van der Waals surface area contributed by atoms with Gasteiger partial charge in [-0.2, -0.15) is 13.9 Å². The number of ether oxygens (including phenoxy) is 1. The van der Waals surface area contributed by atoms with E-state index in [9.17, 15) is 13.6 Å². The van der Waals surface area contributed by atoms with Gasteiger partial charge in [0.05, 0.1) is 23.0 Å². The lowest BCUT2D eigenvalue weighted by Gasteiger charge is -2.06. The number of halogens is 2. The molecule has 4 aromatic rings. The van der Waals surface area contributed by atoms with Crippen LogP contribution in [0, 0.1) is 0 Å². The van der Waals surface area contributed by atoms with Crippen LogP contribution in [0.2, 0.25) is 0 Å². The summed E-state index contributed by atoms with van der Waals surface area (Å²) in [5.41, 5.74) is 1.93. The van der Waals surface area contributed by atoms with E-state index < -0.39 is 6.61 Å². The fraction of sp³-hybridized carbons (Fsp3) is 0.100. The third-order valence-electron chi connectivity index (χ3n) is 4.07. The van der Waals surface area contributed by atoms with Crippen LogP contribution in [-0.2, 0) is 0 Å². The molecule has 0 fully saturated rings. The normalized spacial score (nSPS) is 11.1. The van der Waals surface area contributed by atoms with Crippen LogP contribution in [-0.4, -0.2) is 37.9 Å². The Kier molecular flexibility index (Phi) is 5.48. The van der Waals surface area contributed by atoms with Gasteiger partial charge in [0.1, 0.15) is 17.1 Å². The van der Waals surface area contributed by atoms with E-state index in [1.165, 1.54) is 42.4 Å². The predicted molar refractivity (Wildman–Crippen MR) is 105 cm³/mol. The molecule has 0 bridgehead atoms. The molecule has 0 saturated carbocycles. The molecule has 2 aromatic heterocycles. The molecule has 0 aliphatic heterocycles. The Morgan fingerprint density at radius 3 is 2.55 bits per heavy atom. The number of nitrogens with zero attached hydrogens (tertiary/aromatic N) is 4. The molecule has 0 aliphatic rings. The minimum absolute atomic E-state index is 0.00929. The molecule has 0 N–H and O–H groups in total. The van der Waals surface area contributed by atoms with E-state index in [4.69, 9.17) is 0 Å². The van der Waals surface area contributed by atoms with Crippen molar-refractivity contribution >= 4 is 28.6 Å². The average Bonchev–Trinajstić information content (AvgIpc) is 3.17. The van der Waals surface area contributed by atoms with Crippen molar-refractivity contribution in [3.8, 4) is 11.4 Å². The van der Waals surface area contributed by atoms with Crippen LogP contribution >= 0.6 is 11.8 Å². The first-order chi connectivity index (χ1) is 14.1. The minimum atomic E-state index is -2.90. The standard InChI is InChI=1S/C20H14F2N4O2S/c21-20(22)28-15-8-6-13(7-9-15)17(27)11-29-19-16-10-25-26(18(16)23-12-24-19)14-4-2-1-3-5-14/h1-10,12,20H,11H2. The van der Waals surface area contributed by atoms with E-state index >= 15 is 0 Å². The largest absolute Gasteiger partial charge is 0.435 e. The third-order valence-corrected chi connectivity index (χ3v) is 5.08. The maximum Gasteiger partial charge on any atom is 0.387 e. The summed E-state index contributed by atoms with van der Waals surface area (Å²) in [6.07, 6.45) is 3.11. The number of Topliss-reactive ketones (excluding diaryl/α,β-unsaturated/α-hetero) is 1. The first-order valence-corrected chi connectivity index (χ1v) is 9.55. The highest BCUT2D eigenvalue weighted by molar-refractivity contribution is 8.00. The van der Waals surface area contributed by atoms with Crippen LogP contribution in [0.5, 0.6) is 5.75 Å². The number of aromatic nitrogens is 4. The number of rotatable bonds is 7. The van der Waals surface area contributed by atoms with Crippen molar-refractivity contribution < 1.29 is 18.3 Å². The lowest BCUT2D eigenvalue weighted by molar-refractivity contribution is -0.0498. The summed E-state index contributed by atoms with van der Waals surface area (Å²) in [6, 6.07) is 15.2. The van der Waals surface area contributed by atoms with Crippen molar-refractivity contribution in [3.05, 3.63) is 72.7 Å². The van der Waals surface area contributed by atoms with E-state index in [-0.39, 0.29) is 17.3 Å². The molecule has 0 spiro atoms. The summed E-state index contributed by atoms with van der Waals surface area (Å²) in [5, 5.41) is 5.77. The maximum atomic E-state index is 12.4. The number of ketones is 1. The number of para-hydroxylation sites is 1. The fourth-order valence-electron chi connectivity index (χ4n) is 2.74. The third kappa shape index (κ3) is 4.24. The van der Waals surface area contributed by atoms with Crippen molar-refractivity contribution in [3.63, 3.8) is 0 Å². The molecule has 2 aromatic carbocycles. The van der Waals surface area contributed by atoms with Crippen molar-refractivity contribution in [2.75, 3.05) is 5.75 Å². The van der Waals surface area contributed by atoms with Gasteiger partial charge in [-0.15, -0.1) is 0 Å². The van der Waals surface area contributed by atoms with Gasteiger partial charge in [0, 0.05) is 5.56 Å². The van der Waals surface area contributed by atoms with Crippen molar-refractivity contribution in [2.45, 2.75) is 11.6 Å². The second-order valence-electron chi connectivity index (χ2n) is 5.92. The van der Waals surface area contributed by atoms with Crippen molar-refractivity contribution in [1.82, 2.24) is 19.7 Å². The summed E-state index contributed by atoms with van der Waals surface area (Å²) in [4.78, 5) is 21.0. The first kappa shape index (κ1) is 19.0. The molecular weight excluding hydrogens is 398 g/mol. The number of benzene rings is 2. The molecule has 29 heavy (non-hydrogen) atoms.